The van der Waals surface area contributed by atoms with Crippen LogP contribution < -0.4 is 16.2 Å². The number of aromatic nitrogens is 1. The van der Waals surface area contributed by atoms with Crippen LogP contribution in [0.2, 0.25) is 0 Å². The van der Waals surface area contributed by atoms with E-state index in [4.69, 9.17) is 0 Å². The average molecular weight is 383 g/mol. The number of H-pyrrole nitrogens is 1. The van der Waals surface area contributed by atoms with Gasteiger partial charge < -0.3 is 20.7 Å². The van der Waals surface area contributed by atoms with Crippen molar-refractivity contribution in [3.63, 3.8) is 0 Å². The number of amides is 2. The summed E-state index contributed by atoms with van der Waals surface area (Å²) in [5, 5.41) is 16.4. The number of hydrogen-bond donors (Lipinski definition) is 4. The standard InChI is InChI=1S/C19H17N3O4S/c23-13-5-3-12(4-6-13)17(24)20-9-10-21-18(25)14-7-8-15(22-19(14)26)16-2-1-11-27-16/h1-8,11,23H,9-10H2,(H,20,24)(H,21,25)(H,22,26). The van der Waals surface area contributed by atoms with Gasteiger partial charge in [0.1, 0.15) is 11.3 Å². The number of phenolic OH excluding ortho intramolecular Hbond substituents is 1. The topological polar surface area (TPSA) is 111 Å². The fourth-order valence-corrected chi connectivity index (χ4v) is 3.10. The monoisotopic (exact) mass is 383 g/mol. The van der Waals surface area contributed by atoms with Crippen molar-refractivity contribution < 1.29 is 14.7 Å². The highest BCUT2D eigenvalue weighted by atomic mass is 32.1. The van der Waals surface area contributed by atoms with Crippen LogP contribution in [0, 0.1) is 0 Å². The molecule has 27 heavy (non-hydrogen) atoms. The summed E-state index contributed by atoms with van der Waals surface area (Å²) in [4.78, 5) is 39.8. The maximum absolute atomic E-state index is 12.1. The first-order valence-corrected chi connectivity index (χ1v) is 9.05. The highest BCUT2D eigenvalue weighted by Gasteiger charge is 2.12. The van der Waals surface area contributed by atoms with Crippen LogP contribution in [0.3, 0.4) is 0 Å². The second-order valence-corrected chi connectivity index (χ2v) is 6.60. The van der Waals surface area contributed by atoms with E-state index in [0.717, 1.165) is 4.88 Å². The van der Waals surface area contributed by atoms with Gasteiger partial charge in [0.25, 0.3) is 17.4 Å². The van der Waals surface area contributed by atoms with Gasteiger partial charge in [0.2, 0.25) is 0 Å². The minimum absolute atomic E-state index is 0.0140. The molecule has 0 radical (unpaired) electrons. The number of pyridine rings is 1. The fourth-order valence-electron chi connectivity index (χ4n) is 2.39. The number of carbonyl (C=O) groups excluding carboxylic acids is 2. The number of carbonyl (C=O) groups is 2. The van der Waals surface area contributed by atoms with Gasteiger partial charge in [-0.05, 0) is 47.8 Å². The molecule has 3 rings (SSSR count). The third kappa shape index (κ3) is 4.62. The summed E-state index contributed by atoms with van der Waals surface area (Å²) in [6.45, 7) is 0.380. The summed E-state index contributed by atoms with van der Waals surface area (Å²) < 4.78 is 0. The smallest absolute Gasteiger partial charge is 0.261 e. The van der Waals surface area contributed by atoms with Crippen molar-refractivity contribution in [3.8, 4) is 16.3 Å². The Bertz CT molecular complexity index is 995. The molecule has 138 valence electrons. The van der Waals surface area contributed by atoms with Crippen molar-refractivity contribution in [3.05, 3.63) is 75.4 Å². The third-order valence-corrected chi connectivity index (χ3v) is 4.67. The van der Waals surface area contributed by atoms with Gasteiger partial charge in [0.15, 0.2) is 0 Å². The predicted octanol–water partition coefficient (Wildman–Crippen LogP) is 1.97. The second-order valence-electron chi connectivity index (χ2n) is 5.65. The first kappa shape index (κ1) is 18.4. The molecule has 0 saturated carbocycles. The normalized spacial score (nSPS) is 10.4. The number of rotatable bonds is 6. The van der Waals surface area contributed by atoms with Gasteiger partial charge in [0.05, 0.1) is 10.6 Å². The van der Waals surface area contributed by atoms with E-state index < -0.39 is 11.5 Å². The fraction of sp³-hybridized carbons (Fsp3) is 0.105. The summed E-state index contributed by atoms with van der Waals surface area (Å²) >= 11 is 1.49. The number of aromatic amines is 1. The molecular formula is C19H17N3O4S. The zero-order valence-corrected chi connectivity index (χ0v) is 15.0. The second kappa shape index (κ2) is 8.33. The predicted molar refractivity (Wildman–Crippen MR) is 103 cm³/mol. The van der Waals surface area contributed by atoms with Crippen molar-refractivity contribution >= 4 is 23.2 Å². The maximum atomic E-state index is 12.1. The molecule has 2 aromatic heterocycles. The molecule has 0 unspecified atom stereocenters. The number of thiophene rings is 1. The molecule has 0 spiro atoms. The van der Waals surface area contributed by atoms with E-state index in [9.17, 15) is 19.5 Å². The minimum atomic E-state index is -0.507. The molecule has 0 fully saturated rings. The highest BCUT2D eigenvalue weighted by Crippen LogP contribution is 2.21. The van der Waals surface area contributed by atoms with Crippen molar-refractivity contribution in [2.24, 2.45) is 0 Å². The molecule has 3 aromatic rings. The Morgan fingerprint density at radius 3 is 2.30 bits per heavy atom. The molecule has 2 heterocycles. The van der Waals surface area contributed by atoms with Gasteiger partial charge in [0, 0.05) is 18.7 Å². The molecule has 8 heteroatoms. The van der Waals surface area contributed by atoms with E-state index >= 15 is 0 Å². The Balaban J connectivity index is 1.51. The molecule has 0 aliphatic heterocycles. The maximum Gasteiger partial charge on any atom is 0.261 e. The number of benzene rings is 1. The largest absolute Gasteiger partial charge is 0.508 e. The van der Waals surface area contributed by atoms with Gasteiger partial charge in [-0.2, -0.15) is 0 Å². The van der Waals surface area contributed by atoms with E-state index in [0.29, 0.717) is 11.3 Å². The van der Waals surface area contributed by atoms with Crippen LogP contribution in [0.4, 0.5) is 0 Å². The Morgan fingerprint density at radius 1 is 0.963 bits per heavy atom. The Kier molecular flexibility index (Phi) is 5.68. The first-order valence-electron chi connectivity index (χ1n) is 8.17. The summed E-state index contributed by atoms with van der Waals surface area (Å²) in [6.07, 6.45) is 0. The van der Waals surface area contributed by atoms with Crippen LogP contribution in [-0.2, 0) is 0 Å². The molecule has 0 atom stereocenters. The number of aromatic hydroxyl groups is 1. The molecule has 2 amide bonds. The summed E-state index contributed by atoms with van der Waals surface area (Å²) in [6, 6.07) is 12.8. The van der Waals surface area contributed by atoms with Crippen molar-refractivity contribution in [2.45, 2.75) is 0 Å². The minimum Gasteiger partial charge on any atom is -0.508 e. The summed E-state index contributed by atoms with van der Waals surface area (Å²) in [5.41, 5.74) is 0.610. The van der Waals surface area contributed by atoms with Crippen LogP contribution in [0.1, 0.15) is 20.7 Å². The van der Waals surface area contributed by atoms with Crippen molar-refractivity contribution in [2.75, 3.05) is 13.1 Å². The van der Waals surface area contributed by atoms with Crippen LogP contribution in [0.15, 0.2) is 58.7 Å². The molecule has 7 nitrogen and oxygen atoms in total. The lowest BCUT2D eigenvalue weighted by atomic mass is 10.2. The lowest BCUT2D eigenvalue weighted by Gasteiger charge is -2.07. The number of nitrogens with one attached hydrogen (secondary N) is 3. The number of phenols is 1. The third-order valence-electron chi connectivity index (χ3n) is 3.77. The SMILES string of the molecule is O=C(NCCNC(=O)c1ccc(-c2cccs2)[nH]c1=O)c1ccc(O)cc1. The van der Waals surface area contributed by atoms with Crippen molar-refractivity contribution in [1.29, 1.82) is 0 Å². The molecule has 0 bridgehead atoms. The van der Waals surface area contributed by atoms with E-state index in [2.05, 4.69) is 15.6 Å². The van der Waals surface area contributed by atoms with Gasteiger partial charge in [-0.1, -0.05) is 6.07 Å². The first-order chi connectivity index (χ1) is 13.0. The zero-order chi connectivity index (χ0) is 19.2. The average Bonchev–Trinajstić information content (AvgIpc) is 3.20. The molecule has 4 N–H and O–H groups in total. The Labute approximate surface area is 158 Å². The van der Waals surface area contributed by atoms with E-state index in [-0.39, 0.29) is 30.3 Å². The Hall–Kier alpha value is -3.39. The van der Waals surface area contributed by atoms with Crippen LogP contribution >= 0.6 is 11.3 Å². The Morgan fingerprint density at radius 2 is 1.67 bits per heavy atom. The van der Waals surface area contributed by atoms with Gasteiger partial charge in [-0.3, -0.25) is 14.4 Å². The molecular weight excluding hydrogens is 366 g/mol. The van der Waals surface area contributed by atoms with Crippen LogP contribution in [-0.4, -0.2) is 35.0 Å². The number of hydrogen-bond acceptors (Lipinski definition) is 5. The highest BCUT2D eigenvalue weighted by molar-refractivity contribution is 7.13. The molecule has 1 aromatic carbocycles. The van der Waals surface area contributed by atoms with Crippen LogP contribution in [0.5, 0.6) is 5.75 Å². The van der Waals surface area contributed by atoms with Gasteiger partial charge in [-0.25, -0.2) is 0 Å². The quantitative estimate of drug-likeness (QED) is 0.488. The van der Waals surface area contributed by atoms with E-state index in [1.165, 1.54) is 41.7 Å². The zero-order valence-electron chi connectivity index (χ0n) is 14.2. The molecule has 0 aliphatic carbocycles. The van der Waals surface area contributed by atoms with Gasteiger partial charge >= 0.3 is 0 Å². The lowest BCUT2D eigenvalue weighted by Crippen LogP contribution is -2.36. The lowest BCUT2D eigenvalue weighted by molar-refractivity contribution is 0.0927. The van der Waals surface area contributed by atoms with Crippen molar-refractivity contribution in [1.82, 2.24) is 15.6 Å². The van der Waals surface area contributed by atoms with E-state index in [1.54, 1.807) is 6.07 Å². The summed E-state index contributed by atoms with van der Waals surface area (Å²) in [5.74, 6) is -0.746. The van der Waals surface area contributed by atoms with Gasteiger partial charge in [-0.15, -0.1) is 11.3 Å². The van der Waals surface area contributed by atoms with Crippen LogP contribution in [0.25, 0.3) is 10.6 Å². The molecule has 0 saturated heterocycles. The van der Waals surface area contributed by atoms with E-state index in [1.807, 2.05) is 17.5 Å². The summed E-state index contributed by atoms with van der Waals surface area (Å²) in [7, 11) is 0. The molecule has 0 aliphatic rings.